The van der Waals surface area contributed by atoms with E-state index in [1.807, 2.05) is 30.5 Å². The third-order valence-corrected chi connectivity index (χ3v) is 3.98. The van der Waals surface area contributed by atoms with E-state index in [9.17, 15) is 0 Å². The van der Waals surface area contributed by atoms with Gasteiger partial charge in [-0.05, 0) is 55.0 Å². The Morgan fingerprint density at radius 2 is 2.25 bits per heavy atom. The molecule has 2 unspecified atom stereocenters. The molecule has 3 heteroatoms. The number of nitrogens with zero attached hydrogens (tertiary/aromatic N) is 1. The smallest absolute Gasteiger partial charge is 0.129 e. The van der Waals surface area contributed by atoms with Crippen molar-refractivity contribution >= 4 is 18.0 Å². The molecule has 1 fully saturated rings. The fourth-order valence-corrected chi connectivity index (χ4v) is 2.78. The quantitative estimate of drug-likeness (QED) is 0.727. The van der Waals surface area contributed by atoms with Crippen molar-refractivity contribution in [2.75, 3.05) is 5.73 Å². The first kappa shape index (κ1) is 13.0. The van der Waals surface area contributed by atoms with Gasteiger partial charge in [-0.3, -0.25) is 4.99 Å². The van der Waals surface area contributed by atoms with Crippen LogP contribution in [-0.2, 0) is 0 Å². The predicted molar refractivity (Wildman–Crippen MR) is 83.9 cm³/mol. The zero-order valence-electron chi connectivity index (χ0n) is 11.8. The Balaban J connectivity index is 2.00. The van der Waals surface area contributed by atoms with Gasteiger partial charge in [0, 0.05) is 29.7 Å². The van der Waals surface area contributed by atoms with Crippen LogP contribution in [0.25, 0.3) is 6.08 Å². The van der Waals surface area contributed by atoms with Gasteiger partial charge in [-0.1, -0.05) is 6.92 Å². The van der Waals surface area contributed by atoms with Gasteiger partial charge in [0.05, 0.1) is 0 Å². The van der Waals surface area contributed by atoms with Crippen molar-refractivity contribution < 1.29 is 4.74 Å². The largest absolute Gasteiger partial charge is 0.485 e. The number of nitrogen functional groups attached to an aromatic ring is 1. The van der Waals surface area contributed by atoms with Gasteiger partial charge in [0.15, 0.2) is 0 Å². The molecule has 3 nitrogen and oxygen atoms in total. The Labute approximate surface area is 119 Å². The molecule has 3 rings (SSSR count). The highest BCUT2D eigenvalue weighted by atomic mass is 16.5. The number of hydrogen-bond donors (Lipinski definition) is 1. The SMILES string of the molecule is CC1CCC2=CC=NC=Cc3ccc(N)cc3OC2C1. The van der Waals surface area contributed by atoms with Crippen LogP contribution >= 0.6 is 0 Å². The zero-order chi connectivity index (χ0) is 13.9. The average molecular weight is 268 g/mol. The van der Waals surface area contributed by atoms with Crippen molar-refractivity contribution in [1.29, 1.82) is 0 Å². The van der Waals surface area contributed by atoms with Crippen LogP contribution in [0, 0.1) is 5.92 Å². The van der Waals surface area contributed by atoms with Crippen LogP contribution in [0.4, 0.5) is 5.69 Å². The van der Waals surface area contributed by atoms with Crippen LogP contribution in [-0.4, -0.2) is 12.3 Å². The summed E-state index contributed by atoms with van der Waals surface area (Å²) in [5.74, 6) is 1.54. The lowest BCUT2D eigenvalue weighted by Crippen LogP contribution is -2.27. The minimum atomic E-state index is 0.136. The lowest BCUT2D eigenvalue weighted by molar-refractivity contribution is 0.177. The van der Waals surface area contributed by atoms with Crippen molar-refractivity contribution in [2.24, 2.45) is 10.9 Å². The summed E-state index contributed by atoms with van der Waals surface area (Å²) in [5.41, 5.74) is 8.97. The van der Waals surface area contributed by atoms with Crippen molar-refractivity contribution in [1.82, 2.24) is 0 Å². The van der Waals surface area contributed by atoms with Crippen LogP contribution in [0.2, 0.25) is 0 Å². The molecule has 0 aromatic heterocycles. The van der Waals surface area contributed by atoms with Crippen LogP contribution in [0.15, 0.2) is 41.0 Å². The number of ether oxygens (including phenoxy) is 1. The fraction of sp³-hybridized carbons (Fsp3) is 0.353. The summed E-state index contributed by atoms with van der Waals surface area (Å²) in [6.45, 7) is 2.28. The first-order valence-corrected chi connectivity index (χ1v) is 7.17. The second-order valence-corrected chi connectivity index (χ2v) is 5.64. The molecule has 1 saturated carbocycles. The Morgan fingerprint density at radius 3 is 3.15 bits per heavy atom. The van der Waals surface area contributed by atoms with E-state index < -0.39 is 0 Å². The zero-order valence-corrected chi connectivity index (χ0v) is 11.8. The van der Waals surface area contributed by atoms with E-state index in [0.717, 1.165) is 29.8 Å². The predicted octanol–water partition coefficient (Wildman–Crippen LogP) is 3.82. The summed E-state index contributed by atoms with van der Waals surface area (Å²) < 4.78 is 6.27. The molecule has 20 heavy (non-hydrogen) atoms. The number of fused-ring (bicyclic) bond motifs is 2. The Morgan fingerprint density at radius 1 is 1.35 bits per heavy atom. The summed E-state index contributed by atoms with van der Waals surface area (Å²) >= 11 is 0. The fourth-order valence-electron chi connectivity index (χ4n) is 2.78. The van der Waals surface area contributed by atoms with E-state index in [4.69, 9.17) is 10.5 Å². The summed E-state index contributed by atoms with van der Waals surface area (Å²) in [5, 5.41) is 0. The van der Waals surface area contributed by atoms with E-state index in [0.29, 0.717) is 5.92 Å². The standard InChI is InChI=1S/C17H20N2O/c1-12-2-3-13-6-8-19-9-7-14-4-5-15(18)11-17(14)20-16(13)10-12/h4-9,11-12,16H,2-3,10,18H2,1H3. The van der Waals surface area contributed by atoms with E-state index in [1.54, 1.807) is 6.20 Å². The molecular weight excluding hydrogens is 248 g/mol. The molecule has 2 atom stereocenters. The molecule has 1 aromatic carbocycles. The highest BCUT2D eigenvalue weighted by Gasteiger charge is 2.25. The average Bonchev–Trinajstić information content (AvgIpc) is 2.43. The van der Waals surface area contributed by atoms with Gasteiger partial charge in [-0.15, -0.1) is 0 Å². The van der Waals surface area contributed by atoms with Gasteiger partial charge in [0.25, 0.3) is 0 Å². The van der Waals surface area contributed by atoms with E-state index in [1.165, 1.54) is 12.0 Å². The van der Waals surface area contributed by atoms with Crippen LogP contribution < -0.4 is 10.5 Å². The van der Waals surface area contributed by atoms with E-state index in [-0.39, 0.29) is 6.10 Å². The third-order valence-electron chi connectivity index (χ3n) is 3.98. The Kier molecular flexibility index (Phi) is 3.59. The van der Waals surface area contributed by atoms with Gasteiger partial charge < -0.3 is 10.5 Å². The van der Waals surface area contributed by atoms with Crippen molar-refractivity contribution in [3.05, 3.63) is 41.6 Å². The molecule has 104 valence electrons. The molecule has 2 N–H and O–H groups in total. The lowest BCUT2D eigenvalue weighted by atomic mass is 9.84. The van der Waals surface area contributed by atoms with Gasteiger partial charge >= 0.3 is 0 Å². The maximum Gasteiger partial charge on any atom is 0.129 e. The Hall–Kier alpha value is -2.03. The van der Waals surface area contributed by atoms with Crippen LogP contribution in [0.3, 0.4) is 0 Å². The number of anilines is 1. The first-order chi connectivity index (χ1) is 9.72. The second kappa shape index (κ2) is 5.53. The minimum absolute atomic E-state index is 0.136. The number of hydrogen-bond acceptors (Lipinski definition) is 3. The molecular formula is C17H20N2O. The summed E-state index contributed by atoms with van der Waals surface area (Å²) in [6, 6.07) is 5.78. The molecule has 0 radical (unpaired) electrons. The van der Waals surface area contributed by atoms with Crippen molar-refractivity contribution in [3.63, 3.8) is 0 Å². The monoisotopic (exact) mass is 268 g/mol. The Bertz CT molecular complexity index is 587. The molecule has 0 spiro atoms. The van der Waals surface area contributed by atoms with Gasteiger partial charge in [-0.2, -0.15) is 0 Å². The highest BCUT2D eigenvalue weighted by molar-refractivity contribution is 5.74. The number of rotatable bonds is 0. The number of allylic oxidation sites excluding steroid dienone is 1. The first-order valence-electron chi connectivity index (χ1n) is 7.17. The van der Waals surface area contributed by atoms with Crippen molar-refractivity contribution in [3.8, 4) is 5.75 Å². The van der Waals surface area contributed by atoms with E-state index >= 15 is 0 Å². The molecule has 2 aliphatic rings. The maximum atomic E-state index is 6.27. The molecule has 1 aliphatic carbocycles. The molecule has 0 amide bonds. The van der Waals surface area contributed by atoms with Crippen LogP contribution in [0.1, 0.15) is 31.7 Å². The van der Waals surface area contributed by atoms with Gasteiger partial charge in [-0.25, -0.2) is 0 Å². The summed E-state index contributed by atoms with van der Waals surface area (Å²) in [7, 11) is 0. The minimum Gasteiger partial charge on any atom is -0.485 e. The highest BCUT2D eigenvalue weighted by Crippen LogP contribution is 2.33. The van der Waals surface area contributed by atoms with Gasteiger partial charge in [0.2, 0.25) is 0 Å². The maximum absolute atomic E-state index is 6.27. The topological polar surface area (TPSA) is 47.6 Å². The van der Waals surface area contributed by atoms with E-state index in [2.05, 4.69) is 18.0 Å². The summed E-state index contributed by atoms with van der Waals surface area (Å²) in [4.78, 5) is 4.30. The van der Waals surface area contributed by atoms with Crippen LogP contribution in [0.5, 0.6) is 5.75 Å². The third kappa shape index (κ3) is 2.77. The molecule has 0 bridgehead atoms. The molecule has 1 aromatic rings. The molecule has 0 saturated heterocycles. The second-order valence-electron chi connectivity index (χ2n) is 5.64. The van der Waals surface area contributed by atoms with Crippen molar-refractivity contribution in [2.45, 2.75) is 32.3 Å². The number of nitrogens with two attached hydrogens (primary N) is 1. The molecule has 1 aliphatic heterocycles. The lowest BCUT2D eigenvalue weighted by Gasteiger charge is -2.30. The normalized spacial score (nSPS) is 25.1. The number of aliphatic imine (C=N–C) groups is 1. The summed E-state index contributed by atoms with van der Waals surface area (Å²) in [6.07, 6.45) is 11.2. The van der Waals surface area contributed by atoms with Gasteiger partial charge in [0.1, 0.15) is 11.9 Å². The molecule has 1 heterocycles. The number of benzene rings is 1.